The zero-order valence-electron chi connectivity index (χ0n) is 19.2. The number of guanidine groups is 1. The molecule has 1 fully saturated rings. The van der Waals surface area contributed by atoms with Gasteiger partial charge in [0.1, 0.15) is 5.75 Å². The molecule has 1 saturated heterocycles. The quantitative estimate of drug-likeness (QED) is 0.280. The Balaban J connectivity index is 0.00000363. The van der Waals surface area contributed by atoms with Gasteiger partial charge in [-0.15, -0.1) is 24.0 Å². The van der Waals surface area contributed by atoms with E-state index in [9.17, 15) is 0 Å². The van der Waals surface area contributed by atoms with E-state index in [4.69, 9.17) is 19.9 Å². The predicted molar refractivity (Wildman–Crippen MR) is 139 cm³/mol. The lowest BCUT2D eigenvalue weighted by Gasteiger charge is -2.32. The molecule has 0 atom stereocenters. The zero-order chi connectivity index (χ0) is 22.1. The van der Waals surface area contributed by atoms with Crippen LogP contribution in [0.15, 0.2) is 47.5 Å². The van der Waals surface area contributed by atoms with E-state index < -0.39 is 0 Å². The van der Waals surface area contributed by atoms with E-state index in [1.54, 1.807) is 21.3 Å². The van der Waals surface area contributed by atoms with Crippen molar-refractivity contribution in [2.45, 2.75) is 25.9 Å². The van der Waals surface area contributed by atoms with Crippen LogP contribution in [0.2, 0.25) is 0 Å². The maximum atomic E-state index is 6.08. The first-order valence-corrected chi connectivity index (χ1v) is 10.7. The van der Waals surface area contributed by atoms with Crippen molar-refractivity contribution in [1.29, 1.82) is 0 Å². The van der Waals surface area contributed by atoms with Gasteiger partial charge in [-0.2, -0.15) is 0 Å². The minimum atomic E-state index is 0. The number of benzene rings is 2. The smallest absolute Gasteiger partial charge is 0.188 e. The molecule has 3 rings (SSSR count). The number of rotatable bonds is 9. The third-order valence-electron chi connectivity index (χ3n) is 5.72. The van der Waals surface area contributed by atoms with Crippen LogP contribution in [-0.2, 0) is 13.1 Å². The molecular formula is C24H35IN4O3. The summed E-state index contributed by atoms with van der Waals surface area (Å²) in [6, 6.07) is 14.1. The first-order valence-electron chi connectivity index (χ1n) is 10.7. The molecule has 0 aromatic heterocycles. The maximum Gasteiger partial charge on any atom is 0.188 e. The van der Waals surface area contributed by atoms with Gasteiger partial charge < -0.3 is 25.3 Å². The van der Waals surface area contributed by atoms with E-state index in [-0.39, 0.29) is 24.0 Å². The summed E-state index contributed by atoms with van der Waals surface area (Å²) in [7, 11) is 4.95. The number of hydrogen-bond acceptors (Lipinski definition) is 5. The summed E-state index contributed by atoms with van der Waals surface area (Å²) < 4.78 is 15.8. The van der Waals surface area contributed by atoms with E-state index in [0.29, 0.717) is 29.9 Å². The molecule has 0 radical (unpaired) electrons. The van der Waals surface area contributed by atoms with Gasteiger partial charge in [0.2, 0.25) is 0 Å². The Morgan fingerprint density at radius 2 is 1.62 bits per heavy atom. The fraction of sp³-hybridized carbons (Fsp3) is 0.458. The topological polar surface area (TPSA) is 81.3 Å². The third-order valence-corrected chi connectivity index (χ3v) is 5.72. The molecule has 0 unspecified atom stereocenters. The highest BCUT2D eigenvalue weighted by Gasteiger charge is 2.19. The number of nitrogens with one attached hydrogen (secondary N) is 1. The lowest BCUT2D eigenvalue weighted by Crippen LogP contribution is -2.40. The Labute approximate surface area is 208 Å². The van der Waals surface area contributed by atoms with Crippen molar-refractivity contribution < 1.29 is 14.2 Å². The van der Waals surface area contributed by atoms with Crippen LogP contribution < -0.4 is 25.3 Å². The Hall–Kier alpha value is -2.20. The number of nitrogens with two attached hydrogens (primary N) is 1. The zero-order valence-corrected chi connectivity index (χ0v) is 21.5. The van der Waals surface area contributed by atoms with Crippen LogP contribution in [0.1, 0.15) is 24.0 Å². The number of likely N-dealkylation sites (tertiary alicyclic amines) is 1. The normalized spacial score (nSPS) is 15.0. The number of methoxy groups -OCH3 is 3. The van der Waals surface area contributed by atoms with Crippen molar-refractivity contribution in [3.8, 4) is 17.2 Å². The fourth-order valence-corrected chi connectivity index (χ4v) is 3.80. The Morgan fingerprint density at radius 3 is 2.25 bits per heavy atom. The summed E-state index contributed by atoms with van der Waals surface area (Å²) in [4.78, 5) is 6.97. The summed E-state index contributed by atoms with van der Waals surface area (Å²) in [6.07, 6.45) is 2.32. The molecule has 7 nitrogen and oxygen atoms in total. The van der Waals surface area contributed by atoms with Gasteiger partial charge in [0.25, 0.3) is 0 Å². The van der Waals surface area contributed by atoms with Crippen LogP contribution in [0.4, 0.5) is 0 Å². The highest BCUT2D eigenvalue weighted by atomic mass is 127. The van der Waals surface area contributed by atoms with Gasteiger partial charge >= 0.3 is 0 Å². The molecule has 0 bridgehead atoms. The third kappa shape index (κ3) is 7.74. The Kier molecular flexibility index (Phi) is 10.9. The molecular weight excluding hydrogens is 519 g/mol. The Morgan fingerprint density at radius 1 is 0.969 bits per heavy atom. The van der Waals surface area contributed by atoms with Gasteiger partial charge in [-0.3, -0.25) is 4.90 Å². The van der Waals surface area contributed by atoms with E-state index in [2.05, 4.69) is 27.3 Å². The second-order valence-electron chi connectivity index (χ2n) is 7.84. The average Bonchev–Trinajstić information content (AvgIpc) is 2.82. The van der Waals surface area contributed by atoms with Crippen molar-refractivity contribution in [3.05, 3.63) is 53.6 Å². The van der Waals surface area contributed by atoms with Crippen molar-refractivity contribution in [3.63, 3.8) is 0 Å². The summed E-state index contributed by atoms with van der Waals surface area (Å²) in [5.41, 5.74) is 8.43. The minimum Gasteiger partial charge on any atom is -0.497 e. The molecule has 0 amide bonds. The Bertz CT molecular complexity index is 853. The number of ether oxygens (including phenoxy) is 3. The van der Waals surface area contributed by atoms with E-state index >= 15 is 0 Å². The predicted octanol–water partition coefficient (Wildman–Crippen LogP) is 3.65. The molecule has 2 aromatic carbocycles. The van der Waals surface area contributed by atoms with Gasteiger partial charge in [-0.05, 0) is 67.2 Å². The summed E-state index contributed by atoms with van der Waals surface area (Å²) in [5.74, 6) is 3.40. The molecule has 0 spiro atoms. The largest absolute Gasteiger partial charge is 0.497 e. The number of halogens is 1. The molecule has 176 valence electrons. The van der Waals surface area contributed by atoms with Crippen LogP contribution in [0.3, 0.4) is 0 Å². The van der Waals surface area contributed by atoms with Gasteiger partial charge in [0.15, 0.2) is 17.5 Å². The second-order valence-corrected chi connectivity index (χ2v) is 7.84. The van der Waals surface area contributed by atoms with E-state index in [1.165, 1.54) is 5.56 Å². The lowest BCUT2D eigenvalue weighted by molar-refractivity contribution is 0.178. The molecule has 1 aliphatic rings. The molecule has 1 heterocycles. The maximum absolute atomic E-state index is 6.08. The van der Waals surface area contributed by atoms with Crippen molar-refractivity contribution in [1.82, 2.24) is 10.2 Å². The molecule has 3 N–H and O–H groups in total. The van der Waals surface area contributed by atoms with Crippen LogP contribution >= 0.6 is 24.0 Å². The second kappa shape index (κ2) is 13.4. The van der Waals surface area contributed by atoms with E-state index in [0.717, 1.165) is 50.3 Å². The lowest BCUT2D eigenvalue weighted by atomic mass is 9.96. The average molecular weight is 554 g/mol. The van der Waals surface area contributed by atoms with E-state index in [1.807, 2.05) is 30.3 Å². The van der Waals surface area contributed by atoms with Crippen molar-refractivity contribution >= 4 is 29.9 Å². The van der Waals surface area contributed by atoms with Gasteiger partial charge in [-0.25, -0.2) is 4.99 Å². The van der Waals surface area contributed by atoms with Crippen LogP contribution in [-0.4, -0.2) is 51.8 Å². The van der Waals surface area contributed by atoms with Crippen LogP contribution in [0, 0.1) is 5.92 Å². The molecule has 8 heteroatoms. The summed E-state index contributed by atoms with van der Waals surface area (Å²) in [6.45, 7) is 4.54. The number of piperidine rings is 1. The van der Waals surface area contributed by atoms with Gasteiger partial charge in [0, 0.05) is 13.1 Å². The molecule has 1 aliphatic heterocycles. The van der Waals surface area contributed by atoms with Gasteiger partial charge in [-0.1, -0.05) is 18.2 Å². The first kappa shape index (κ1) is 26.1. The number of hydrogen-bond donors (Lipinski definition) is 2. The molecule has 0 saturated carbocycles. The van der Waals surface area contributed by atoms with Crippen LogP contribution in [0.5, 0.6) is 17.2 Å². The van der Waals surface area contributed by atoms with Gasteiger partial charge in [0.05, 0.1) is 27.9 Å². The fourth-order valence-electron chi connectivity index (χ4n) is 3.80. The molecule has 32 heavy (non-hydrogen) atoms. The molecule has 0 aliphatic carbocycles. The highest BCUT2D eigenvalue weighted by Crippen LogP contribution is 2.27. The number of aliphatic imine (C=N–C) groups is 1. The standard InChI is InChI=1S/C24H34N4O3.HI/c1-29-21-7-4-19(5-8-21)17-28-12-10-18(11-13-28)15-26-24(25)27-16-20-6-9-22(30-2)23(14-20)31-3;/h4-9,14,18H,10-13,15-17H2,1-3H3,(H3,25,26,27);1H. The molecule has 2 aromatic rings. The summed E-state index contributed by atoms with van der Waals surface area (Å²) >= 11 is 0. The SMILES string of the molecule is COc1ccc(CN2CCC(CNC(N)=NCc3ccc(OC)c(OC)c3)CC2)cc1.I. The van der Waals surface area contributed by atoms with Crippen LogP contribution in [0.25, 0.3) is 0 Å². The highest BCUT2D eigenvalue weighted by molar-refractivity contribution is 14.0. The van der Waals surface area contributed by atoms with Crippen molar-refractivity contribution in [2.75, 3.05) is 41.0 Å². The van der Waals surface area contributed by atoms with Crippen molar-refractivity contribution in [2.24, 2.45) is 16.6 Å². The summed E-state index contributed by atoms with van der Waals surface area (Å²) in [5, 5.41) is 3.29. The number of nitrogens with zero attached hydrogens (tertiary/aromatic N) is 2. The monoisotopic (exact) mass is 554 g/mol. The minimum absolute atomic E-state index is 0. The first-order chi connectivity index (χ1) is 15.1.